The predicted molar refractivity (Wildman–Crippen MR) is 91.0 cm³/mol. The summed E-state index contributed by atoms with van der Waals surface area (Å²) >= 11 is 0. The molecule has 1 aromatic rings. The van der Waals surface area contributed by atoms with Gasteiger partial charge >= 0.3 is 0 Å². The van der Waals surface area contributed by atoms with E-state index >= 15 is 0 Å². The number of hydrogen-bond acceptors (Lipinski definition) is 3. The molecule has 2 saturated heterocycles. The van der Waals surface area contributed by atoms with Crippen LogP contribution in [0.3, 0.4) is 0 Å². The molecule has 3 atom stereocenters. The molecule has 5 nitrogen and oxygen atoms in total. The lowest BCUT2D eigenvalue weighted by molar-refractivity contribution is -0.132. The van der Waals surface area contributed by atoms with Gasteiger partial charge in [0, 0.05) is 44.0 Å². The molecule has 5 heteroatoms. The molecular weight excluding hydrogens is 288 g/mol. The number of aryl methyl sites for hydroxylation is 1. The fourth-order valence-electron chi connectivity index (χ4n) is 4.08. The summed E-state index contributed by atoms with van der Waals surface area (Å²) in [7, 11) is 1.94. The molecule has 0 saturated carbocycles. The smallest absolute Gasteiger partial charge is 0.228 e. The topological polar surface area (TPSA) is 59.0 Å². The molecule has 0 aliphatic carbocycles. The summed E-state index contributed by atoms with van der Waals surface area (Å²) in [6.07, 6.45) is 9.00. The molecule has 2 aliphatic heterocycles. The van der Waals surface area contributed by atoms with Gasteiger partial charge in [-0.3, -0.25) is 9.48 Å². The van der Waals surface area contributed by atoms with E-state index in [1.54, 1.807) is 6.20 Å². The van der Waals surface area contributed by atoms with Crippen LogP contribution >= 0.6 is 0 Å². The van der Waals surface area contributed by atoms with E-state index < -0.39 is 0 Å². The van der Waals surface area contributed by atoms with Crippen LogP contribution in [0.4, 0.5) is 0 Å². The second kappa shape index (κ2) is 6.48. The van der Waals surface area contributed by atoms with Gasteiger partial charge < -0.3 is 10.6 Å². The maximum absolute atomic E-state index is 13.0. The van der Waals surface area contributed by atoms with Crippen LogP contribution in [0.1, 0.15) is 45.2 Å². The van der Waals surface area contributed by atoms with Gasteiger partial charge in [0.1, 0.15) is 0 Å². The Morgan fingerprint density at radius 1 is 1.52 bits per heavy atom. The molecule has 1 aromatic heterocycles. The van der Waals surface area contributed by atoms with Gasteiger partial charge in [-0.15, -0.1) is 0 Å². The Bertz CT molecular complexity index is 602. The van der Waals surface area contributed by atoms with Gasteiger partial charge in [-0.1, -0.05) is 11.6 Å². The number of carbonyl (C=O) groups excluding carboxylic acids is 1. The number of carbonyl (C=O) groups is 1. The zero-order valence-corrected chi connectivity index (χ0v) is 14.4. The monoisotopic (exact) mass is 316 g/mol. The van der Waals surface area contributed by atoms with Gasteiger partial charge in [0.25, 0.3) is 0 Å². The number of aromatic nitrogens is 2. The Labute approximate surface area is 138 Å². The van der Waals surface area contributed by atoms with E-state index in [1.807, 2.05) is 17.8 Å². The molecule has 0 radical (unpaired) electrons. The van der Waals surface area contributed by atoms with Crippen LogP contribution in [0.25, 0.3) is 0 Å². The average molecular weight is 316 g/mol. The molecule has 0 aromatic carbocycles. The summed E-state index contributed by atoms with van der Waals surface area (Å²) < 4.78 is 1.87. The normalized spacial score (nSPS) is 28.8. The Morgan fingerprint density at radius 3 is 2.91 bits per heavy atom. The maximum atomic E-state index is 13.0. The number of rotatable bonds is 6. The third-order valence-corrected chi connectivity index (χ3v) is 5.43. The molecule has 126 valence electrons. The summed E-state index contributed by atoms with van der Waals surface area (Å²) in [6.45, 7) is 4.88. The first-order valence-electron chi connectivity index (χ1n) is 8.66. The van der Waals surface area contributed by atoms with Crippen molar-refractivity contribution in [3.8, 4) is 0 Å². The van der Waals surface area contributed by atoms with Crippen molar-refractivity contribution >= 4 is 5.91 Å². The van der Waals surface area contributed by atoms with Gasteiger partial charge in [-0.25, -0.2) is 0 Å². The Balaban J connectivity index is 1.64. The molecule has 1 amide bonds. The van der Waals surface area contributed by atoms with E-state index in [2.05, 4.69) is 35.7 Å². The zero-order chi connectivity index (χ0) is 16.4. The molecule has 23 heavy (non-hydrogen) atoms. The summed E-state index contributed by atoms with van der Waals surface area (Å²) in [4.78, 5) is 13.0. The second-order valence-corrected chi connectivity index (χ2v) is 7.29. The standard InChI is InChI=1S/C18H28N4O/c1-13(2)6-9-18(12-14-4-5-16(18)21-14)17(23)19-10-7-15-8-11-20-22(15)3/h6,8,11,14,16,21H,4-5,7,9-10,12H2,1-3H3,(H,19,23)/t14-,16+,18+/m0/s1. The van der Waals surface area contributed by atoms with E-state index in [0.29, 0.717) is 18.6 Å². The van der Waals surface area contributed by atoms with E-state index in [4.69, 9.17) is 0 Å². The van der Waals surface area contributed by atoms with Crippen molar-refractivity contribution in [2.75, 3.05) is 6.54 Å². The molecule has 3 heterocycles. The first kappa shape index (κ1) is 16.2. The minimum Gasteiger partial charge on any atom is -0.355 e. The first-order chi connectivity index (χ1) is 11.0. The third-order valence-electron chi connectivity index (χ3n) is 5.43. The number of hydrogen-bond donors (Lipinski definition) is 2. The van der Waals surface area contributed by atoms with Crippen LogP contribution in [-0.4, -0.2) is 34.3 Å². The van der Waals surface area contributed by atoms with Crippen molar-refractivity contribution in [1.82, 2.24) is 20.4 Å². The Morgan fingerprint density at radius 2 is 2.35 bits per heavy atom. The lowest BCUT2D eigenvalue weighted by atomic mass is 9.70. The SMILES string of the molecule is CC(C)=CC[C@@]1(C(=O)NCCc2ccnn2C)C[C@@H]2CC[C@H]1N2. The van der Waals surface area contributed by atoms with Crippen LogP contribution in [0.2, 0.25) is 0 Å². The number of nitrogens with one attached hydrogen (secondary N) is 2. The van der Waals surface area contributed by atoms with Gasteiger partial charge in [0.2, 0.25) is 5.91 Å². The number of fused-ring (bicyclic) bond motifs is 2. The lowest BCUT2D eigenvalue weighted by Crippen LogP contribution is -2.48. The minimum absolute atomic E-state index is 0.219. The van der Waals surface area contributed by atoms with Crippen molar-refractivity contribution in [1.29, 1.82) is 0 Å². The summed E-state index contributed by atoms with van der Waals surface area (Å²) in [5.74, 6) is 0.219. The summed E-state index contributed by atoms with van der Waals surface area (Å²) in [5, 5.41) is 11.0. The van der Waals surface area contributed by atoms with Crippen molar-refractivity contribution < 1.29 is 4.79 Å². The fourth-order valence-corrected chi connectivity index (χ4v) is 4.08. The highest BCUT2D eigenvalue weighted by Gasteiger charge is 2.54. The van der Waals surface area contributed by atoms with Crippen molar-refractivity contribution in [3.63, 3.8) is 0 Å². The molecule has 2 N–H and O–H groups in total. The summed E-state index contributed by atoms with van der Waals surface area (Å²) in [5.41, 5.74) is 2.18. The van der Waals surface area contributed by atoms with Gasteiger partial charge in [-0.2, -0.15) is 5.10 Å². The number of nitrogens with zero attached hydrogens (tertiary/aromatic N) is 2. The lowest BCUT2D eigenvalue weighted by Gasteiger charge is -2.34. The zero-order valence-electron chi connectivity index (χ0n) is 14.4. The van der Waals surface area contributed by atoms with Crippen molar-refractivity contribution in [3.05, 3.63) is 29.6 Å². The van der Waals surface area contributed by atoms with Crippen LogP contribution < -0.4 is 10.6 Å². The van der Waals surface area contributed by atoms with Gasteiger partial charge in [0.15, 0.2) is 0 Å². The average Bonchev–Trinajstić information content (AvgIpc) is 3.22. The Hall–Kier alpha value is -1.62. The first-order valence-corrected chi connectivity index (χ1v) is 8.66. The highest BCUT2D eigenvalue weighted by molar-refractivity contribution is 5.84. The molecule has 0 unspecified atom stereocenters. The van der Waals surface area contributed by atoms with Crippen LogP contribution in [-0.2, 0) is 18.3 Å². The molecule has 2 fully saturated rings. The predicted octanol–water partition coefficient (Wildman–Crippen LogP) is 1.95. The Kier molecular flexibility index (Phi) is 4.57. The van der Waals surface area contributed by atoms with Crippen LogP contribution in [0.15, 0.2) is 23.9 Å². The quantitative estimate of drug-likeness (QED) is 0.789. The van der Waals surface area contributed by atoms with E-state index in [9.17, 15) is 4.79 Å². The molecule has 2 aliphatic rings. The molecule has 2 bridgehead atoms. The molecule has 0 spiro atoms. The highest BCUT2D eigenvalue weighted by Crippen LogP contribution is 2.46. The molecule has 3 rings (SSSR count). The van der Waals surface area contributed by atoms with Gasteiger partial charge in [-0.05, 0) is 45.6 Å². The number of allylic oxidation sites excluding steroid dienone is 2. The maximum Gasteiger partial charge on any atom is 0.228 e. The van der Waals surface area contributed by atoms with E-state index in [1.165, 1.54) is 12.0 Å². The van der Waals surface area contributed by atoms with Crippen LogP contribution in [0.5, 0.6) is 0 Å². The van der Waals surface area contributed by atoms with E-state index in [0.717, 1.165) is 31.4 Å². The fraction of sp³-hybridized carbons (Fsp3) is 0.667. The van der Waals surface area contributed by atoms with E-state index in [-0.39, 0.29) is 11.3 Å². The summed E-state index contributed by atoms with van der Waals surface area (Å²) in [6, 6.07) is 2.86. The second-order valence-electron chi connectivity index (χ2n) is 7.29. The van der Waals surface area contributed by atoms with Crippen LogP contribution in [0, 0.1) is 5.41 Å². The van der Waals surface area contributed by atoms with Gasteiger partial charge in [0.05, 0.1) is 5.41 Å². The van der Waals surface area contributed by atoms with Crippen molar-refractivity contribution in [2.45, 2.75) is 58.0 Å². The molecular formula is C18H28N4O. The largest absolute Gasteiger partial charge is 0.355 e. The highest BCUT2D eigenvalue weighted by atomic mass is 16.2. The number of amides is 1. The van der Waals surface area contributed by atoms with Crippen molar-refractivity contribution in [2.24, 2.45) is 12.5 Å². The third kappa shape index (κ3) is 3.20. The minimum atomic E-state index is -0.257.